The number of hydrogen-bond acceptors (Lipinski definition) is 1. The van der Waals surface area contributed by atoms with E-state index in [4.69, 9.17) is 0 Å². The van der Waals surface area contributed by atoms with Gasteiger partial charge in [-0.25, -0.2) is 0 Å². The van der Waals surface area contributed by atoms with Gasteiger partial charge in [0.15, 0.2) is 0 Å². The summed E-state index contributed by atoms with van der Waals surface area (Å²) in [6, 6.07) is 0. The molecule has 0 bridgehead atoms. The van der Waals surface area contributed by atoms with Crippen molar-refractivity contribution in [2.24, 2.45) is 11.8 Å². The van der Waals surface area contributed by atoms with Crippen molar-refractivity contribution in [1.82, 2.24) is 5.32 Å². The molecule has 0 heterocycles. The summed E-state index contributed by atoms with van der Waals surface area (Å²) in [7, 11) is 0. The van der Waals surface area contributed by atoms with E-state index >= 15 is 0 Å². The van der Waals surface area contributed by atoms with Gasteiger partial charge in [0.1, 0.15) is 0 Å². The largest absolute Gasteiger partial charge is 0.316 e. The van der Waals surface area contributed by atoms with Crippen molar-refractivity contribution in [3.05, 3.63) is 0 Å². The van der Waals surface area contributed by atoms with Gasteiger partial charge in [-0.05, 0) is 37.8 Å². The Bertz CT molecular complexity index is 80.6. The minimum atomic E-state index is 1.01. The molecule has 0 radical (unpaired) electrons. The van der Waals surface area contributed by atoms with Crippen molar-refractivity contribution in [1.29, 1.82) is 0 Å². The van der Waals surface area contributed by atoms with Gasteiger partial charge in [0, 0.05) is 0 Å². The van der Waals surface area contributed by atoms with E-state index in [1.165, 1.54) is 25.9 Å². The van der Waals surface area contributed by atoms with E-state index in [9.17, 15) is 0 Å². The highest BCUT2D eigenvalue weighted by atomic mass is 14.9. The van der Waals surface area contributed by atoms with Gasteiger partial charge in [-0.15, -0.1) is 0 Å². The van der Waals surface area contributed by atoms with Crippen LogP contribution in [0.5, 0.6) is 0 Å². The van der Waals surface area contributed by atoms with Crippen LogP contribution in [0.3, 0.4) is 0 Å². The van der Waals surface area contributed by atoms with Crippen molar-refractivity contribution in [2.45, 2.75) is 26.7 Å². The predicted octanol–water partition coefficient (Wildman–Crippen LogP) is 1.64. The fourth-order valence-corrected chi connectivity index (χ4v) is 1.15. The van der Waals surface area contributed by atoms with E-state index < -0.39 is 0 Å². The van der Waals surface area contributed by atoms with Crippen LogP contribution in [-0.4, -0.2) is 13.1 Å². The van der Waals surface area contributed by atoms with Gasteiger partial charge in [0.25, 0.3) is 0 Å². The summed E-state index contributed by atoms with van der Waals surface area (Å²) in [4.78, 5) is 0. The maximum atomic E-state index is 3.43. The average molecular weight is 127 g/mol. The van der Waals surface area contributed by atoms with E-state index in [1.807, 2.05) is 0 Å². The molecule has 9 heavy (non-hydrogen) atoms. The Morgan fingerprint density at radius 3 is 2.67 bits per heavy atom. The van der Waals surface area contributed by atoms with Gasteiger partial charge in [-0.3, -0.25) is 0 Å². The predicted molar refractivity (Wildman–Crippen MR) is 40.4 cm³/mol. The first-order valence-electron chi connectivity index (χ1n) is 4.05. The molecule has 1 heteroatoms. The Balaban J connectivity index is 1.83. The monoisotopic (exact) mass is 127 g/mol. The summed E-state index contributed by atoms with van der Waals surface area (Å²) < 4.78 is 0. The van der Waals surface area contributed by atoms with Crippen molar-refractivity contribution in [3.8, 4) is 0 Å². The molecule has 1 aliphatic rings. The number of hydrogen-bond donors (Lipinski definition) is 1. The molecule has 2 atom stereocenters. The zero-order valence-corrected chi connectivity index (χ0v) is 6.48. The summed E-state index contributed by atoms with van der Waals surface area (Å²) in [5.41, 5.74) is 0. The Morgan fingerprint density at radius 2 is 2.22 bits per heavy atom. The smallest absolute Gasteiger partial charge is 0.00179 e. The molecule has 0 aliphatic heterocycles. The molecule has 2 unspecified atom stereocenters. The van der Waals surface area contributed by atoms with E-state index in [0.717, 1.165) is 11.8 Å². The van der Waals surface area contributed by atoms with E-state index in [-0.39, 0.29) is 0 Å². The molecule has 1 saturated carbocycles. The Hall–Kier alpha value is -0.0400. The maximum Gasteiger partial charge on any atom is -0.00179 e. The minimum Gasteiger partial charge on any atom is -0.316 e. The van der Waals surface area contributed by atoms with Crippen LogP contribution in [0.4, 0.5) is 0 Å². The molecule has 0 aromatic rings. The van der Waals surface area contributed by atoms with Gasteiger partial charge >= 0.3 is 0 Å². The Kier molecular flexibility index (Phi) is 2.52. The fourth-order valence-electron chi connectivity index (χ4n) is 1.15. The molecule has 1 rings (SSSR count). The van der Waals surface area contributed by atoms with Gasteiger partial charge in [-0.2, -0.15) is 0 Å². The lowest BCUT2D eigenvalue weighted by Crippen LogP contribution is -2.17. The lowest BCUT2D eigenvalue weighted by atomic mass is 10.3. The van der Waals surface area contributed by atoms with Gasteiger partial charge in [0.2, 0.25) is 0 Å². The van der Waals surface area contributed by atoms with Crippen LogP contribution in [0.25, 0.3) is 0 Å². The lowest BCUT2D eigenvalue weighted by Gasteiger charge is -1.98. The van der Waals surface area contributed by atoms with Crippen molar-refractivity contribution in [3.63, 3.8) is 0 Å². The summed E-state index contributed by atoms with van der Waals surface area (Å²) >= 11 is 0. The highest BCUT2D eigenvalue weighted by Gasteiger charge is 2.31. The van der Waals surface area contributed by atoms with Crippen LogP contribution in [-0.2, 0) is 0 Å². The van der Waals surface area contributed by atoms with Gasteiger partial charge < -0.3 is 5.32 Å². The molecule has 1 aliphatic carbocycles. The topological polar surface area (TPSA) is 12.0 Å². The quantitative estimate of drug-likeness (QED) is 0.566. The lowest BCUT2D eigenvalue weighted by molar-refractivity contribution is 0.606. The van der Waals surface area contributed by atoms with Crippen LogP contribution in [0, 0.1) is 11.8 Å². The zero-order valence-electron chi connectivity index (χ0n) is 6.48. The highest BCUT2D eigenvalue weighted by Crippen LogP contribution is 2.36. The molecule has 1 N–H and O–H groups in total. The highest BCUT2D eigenvalue weighted by molar-refractivity contribution is 4.83. The normalized spacial score (nSPS) is 32.7. The molecule has 0 spiro atoms. The second kappa shape index (κ2) is 3.21. The van der Waals surface area contributed by atoms with Crippen LogP contribution in [0.2, 0.25) is 0 Å². The van der Waals surface area contributed by atoms with Gasteiger partial charge in [0.05, 0.1) is 0 Å². The maximum absolute atomic E-state index is 3.43. The fraction of sp³-hybridized carbons (Fsp3) is 1.00. The molecule has 1 fully saturated rings. The molecule has 0 aromatic carbocycles. The molecular weight excluding hydrogens is 110 g/mol. The number of rotatable bonds is 4. The average Bonchev–Trinajstić information content (AvgIpc) is 2.48. The summed E-state index contributed by atoms with van der Waals surface area (Å²) in [6.45, 7) is 7.00. The SMILES string of the molecule is CCCNCC1CC1C. The number of nitrogens with one attached hydrogen (secondary N) is 1. The summed E-state index contributed by atoms with van der Waals surface area (Å²) in [5.74, 6) is 2.02. The van der Waals surface area contributed by atoms with Crippen LogP contribution >= 0.6 is 0 Å². The zero-order chi connectivity index (χ0) is 6.69. The molecule has 0 amide bonds. The summed E-state index contributed by atoms with van der Waals surface area (Å²) in [6.07, 6.45) is 2.72. The summed E-state index contributed by atoms with van der Waals surface area (Å²) in [5, 5.41) is 3.43. The van der Waals surface area contributed by atoms with Crippen LogP contribution < -0.4 is 5.32 Å². The third-order valence-corrected chi connectivity index (χ3v) is 2.11. The second-order valence-corrected chi connectivity index (χ2v) is 3.18. The first-order valence-corrected chi connectivity index (χ1v) is 4.05. The molecule has 54 valence electrons. The third-order valence-electron chi connectivity index (χ3n) is 2.11. The van der Waals surface area contributed by atoms with E-state index in [1.54, 1.807) is 0 Å². The van der Waals surface area contributed by atoms with Crippen molar-refractivity contribution in [2.75, 3.05) is 13.1 Å². The molecule has 0 aromatic heterocycles. The second-order valence-electron chi connectivity index (χ2n) is 3.18. The molecule has 0 saturated heterocycles. The minimum absolute atomic E-state index is 1.01. The Morgan fingerprint density at radius 1 is 1.56 bits per heavy atom. The van der Waals surface area contributed by atoms with Crippen molar-refractivity contribution < 1.29 is 0 Å². The first-order chi connectivity index (χ1) is 4.34. The van der Waals surface area contributed by atoms with Gasteiger partial charge in [-0.1, -0.05) is 13.8 Å². The molecular formula is C8H17N. The van der Waals surface area contributed by atoms with E-state index in [0.29, 0.717) is 0 Å². The van der Waals surface area contributed by atoms with Crippen LogP contribution in [0.15, 0.2) is 0 Å². The first kappa shape index (κ1) is 7.07. The van der Waals surface area contributed by atoms with E-state index in [2.05, 4.69) is 19.2 Å². The standard InChI is InChI=1S/C8H17N/c1-3-4-9-6-8-5-7(8)2/h7-9H,3-6H2,1-2H3. The molecule has 1 nitrogen and oxygen atoms in total. The van der Waals surface area contributed by atoms with Crippen molar-refractivity contribution >= 4 is 0 Å². The third kappa shape index (κ3) is 2.35. The van der Waals surface area contributed by atoms with Crippen LogP contribution in [0.1, 0.15) is 26.7 Å². The Labute approximate surface area is 57.8 Å².